The van der Waals surface area contributed by atoms with Crippen molar-refractivity contribution in [3.05, 3.63) is 48.0 Å². The Balaban J connectivity index is 0.000000720. The quantitative estimate of drug-likeness (QED) is 0.554. The van der Waals surface area contributed by atoms with Crippen LogP contribution >= 0.6 is 0 Å². The zero-order valence-electron chi connectivity index (χ0n) is 6.54. The Morgan fingerprint density at radius 3 is 2.08 bits per heavy atom. The lowest BCUT2D eigenvalue weighted by Gasteiger charge is -1.96. The molecule has 13 heavy (non-hydrogen) atoms. The van der Waals surface area contributed by atoms with Gasteiger partial charge in [-0.2, -0.15) is 0 Å². The van der Waals surface area contributed by atoms with Crippen LogP contribution in [0.2, 0.25) is 0 Å². The van der Waals surface area contributed by atoms with E-state index in [-0.39, 0.29) is 14.9 Å². The molecule has 0 saturated heterocycles. The van der Waals surface area contributed by atoms with Crippen molar-refractivity contribution in [2.24, 2.45) is 0 Å². The Kier molecular flexibility index (Phi) is 4.19. The molecule has 0 fully saturated rings. The highest BCUT2D eigenvalue weighted by Crippen LogP contribution is 2.14. The van der Waals surface area contributed by atoms with Crippen LogP contribution in [-0.4, -0.2) is 0 Å². The van der Waals surface area contributed by atoms with Gasteiger partial charge in [-0.15, -0.1) is 0 Å². The highest BCUT2D eigenvalue weighted by molar-refractivity contribution is 5.82. The Morgan fingerprint density at radius 2 is 1.38 bits per heavy atom. The van der Waals surface area contributed by atoms with Gasteiger partial charge in [-0.1, -0.05) is 62.9 Å². The van der Waals surface area contributed by atoms with Crippen molar-refractivity contribution in [2.75, 3.05) is 0 Å². The van der Waals surface area contributed by atoms with E-state index in [1.807, 2.05) is 0 Å². The van der Waals surface area contributed by atoms with E-state index < -0.39 is 0 Å². The molecule has 0 aliphatic rings. The van der Waals surface area contributed by atoms with Crippen molar-refractivity contribution < 1.29 is 0 Å². The van der Waals surface area contributed by atoms with Gasteiger partial charge in [-0.05, 0) is 17.7 Å². The van der Waals surface area contributed by atoms with E-state index >= 15 is 0 Å². The maximum Gasteiger partial charge on any atom is -0.0181 e. The van der Waals surface area contributed by atoms with E-state index in [0.717, 1.165) is 0 Å². The standard InChI is InChI=1S/C11H10.2CH4/c1-9-6-7-10-4-2-3-5-11(10)8-9;;/h2-8H,1H3;2*1H4. The molecule has 0 radical (unpaired) electrons. The molecule has 0 aliphatic heterocycles. The lowest BCUT2D eigenvalue weighted by molar-refractivity contribution is 1.51. The SMILES string of the molecule is C.C.Cc1ccc2ccccc2c1. The molecule has 0 aliphatic carbocycles. The van der Waals surface area contributed by atoms with Gasteiger partial charge in [-0.3, -0.25) is 0 Å². The van der Waals surface area contributed by atoms with Crippen LogP contribution < -0.4 is 0 Å². The summed E-state index contributed by atoms with van der Waals surface area (Å²) in [6.07, 6.45) is 0. The smallest absolute Gasteiger partial charge is 0.0181 e. The van der Waals surface area contributed by atoms with Crippen LogP contribution in [0.1, 0.15) is 20.4 Å². The number of benzene rings is 2. The summed E-state index contributed by atoms with van der Waals surface area (Å²) >= 11 is 0. The van der Waals surface area contributed by atoms with Crippen molar-refractivity contribution in [3.63, 3.8) is 0 Å². The molecule has 2 aromatic rings. The summed E-state index contributed by atoms with van der Waals surface area (Å²) in [6, 6.07) is 14.9. The van der Waals surface area contributed by atoms with E-state index in [0.29, 0.717) is 0 Å². The number of rotatable bonds is 0. The molecule has 2 rings (SSSR count). The van der Waals surface area contributed by atoms with Gasteiger partial charge in [0.25, 0.3) is 0 Å². The van der Waals surface area contributed by atoms with Crippen molar-refractivity contribution >= 4 is 10.8 Å². The van der Waals surface area contributed by atoms with Gasteiger partial charge in [0.15, 0.2) is 0 Å². The number of hydrogen-bond acceptors (Lipinski definition) is 0. The third-order valence-corrected chi connectivity index (χ3v) is 1.90. The zero-order chi connectivity index (χ0) is 7.68. The lowest BCUT2D eigenvalue weighted by Crippen LogP contribution is -1.73. The highest BCUT2D eigenvalue weighted by atomic mass is 13.9. The van der Waals surface area contributed by atoms with Crippen molar-refractivity contribution in [3.8, 4) is 0 Å². The molecule has 0 N–H and O–H groups in total. The first-order valence-corrected chi connectivity index (χ1v) is 3.82. The minimum atomic E-state index is 0. The maximum atomic E-state index is 2.20. The van der Waals surface area contributed by atoms with Crippen molar-refractivity contribution in [1.82, 2.24) is 0 Å². The average molecular weight is 174 g/mol. The van der Waals surface area contributed by atoms with Gasteiger partial charge < -0.3 is 0 Å². The largest absolute Gasteiger partial charge is 0.0776 e. The van der Waals surface area contributed by atoms with Gasteiger partial charge in [-0.25, -0.2) is 0 Å². The summed E-state index contributed by atoms with van der Waals surface area (Å²) in [5.41, 5.74) is 1.32. The van der Waals surface area contributed by atoms with Gasteiger partial charge >= 0.3 is 0 Å². The molecule has 0 nitrogen and oxygen atoms in total. The van der Waals surface area contributed by atoms with Crippen molar-refractivity contribution in [2.45, 2.75) is 21.8 Å². The van der Waals surface area contributed by atoms with Crippen LogP contribution in [0, 0.1) is 6.92 Å². The molecule has 0 aromatic heterocycles. The molecule has 2 aromatic carbocycles. The minimum Gasteiger partial charge on any atom is -0.0776 e. The van der Waals surface area contributed by atoms with Crippen LogP contribution in [0.15, 0.2) is 42.5 Å². The fourth-order valence-electron chi connectivity index (χ4n) is 1.31. The van der Waals surface area contributed by atoms with Gasteiger partial charge in [0.05, 0.1) is 0 Å². The first-order chi connectivity index (χ1) is 5.36. The summed E-state index contributed by atoms with van der Waals surface area (Å²) in [6.45, 7) is 2.12. The summed E-state index contributed by atoms with van der Waals surface area (Å²) < 4.78 is 0. The van der Waals surface area contributed by atoms with E-state index in [9.17, 15) is 0 Å². The first kappa shape index (κ1) is 11.7. The number of aryl methyl sites for hydroxylation is 1. The summed E-state index contributed by atoms with van der Waals surface area (Å²) in [7, 11) is 0. The summed E-state index contributed by atoms with van der Waals surface area (Å²) in [5.74, 6) is 0. The Morgan fingerprint density at radius 1 is 0.769 bits per heavy atom. The third-order valence-electron chi connectivity index (χ3n) is 1.90. The molecule has 0 bridgehead atoms. The van der Waals surface area contributed by atoms with E-state index in [1.54, 1.807) is 0 Å². The first-order valence-electron chi connectivity index (χ1n) is 3.82. The minimum absolute atomic E-state index is 0. The fourth-order valence-corrected chi connectivity index (χ4v) is 1.31. The third kappa shape index (κ3) is 2.32. The topological polar surface area (TPSA) is 0 Å². The molecule has 0 atom stereocenters. The molecular formula is C13H18. The second-order valence-electron chi connectivity index (χ2n) is 2.85. The molecule has 70 valence electrons. The summed E-state index contributed by atoms with van der Waals surface area (Å²) in [5, 5.41) is 2.64. The molecule has 0 heteroatoms. The number of fused-ring (bicyclic) bond motifs is 1. The van der Waals surface area contributed by atoms with Crippen LogP contribution in [0.5, 0.6) is 0 Å². The predicted octanol–water partition coefficient (Wildman–Crippen LogP) is 4.42. The number of hydrogen-bond donors (Lipinski definition) is 0. The van der Waals surface area contributed by atoms with Crippen LogP contribution in [0.4, 0.5) is 0 Å². The average Bonchev–Trinajstić information content (AvgIpc) is 2.04. The Bertz CT molecular complexity index is 374. The monoisotopic (exact) mass is 174 g/mol. The molecule has 0 saturated carbocycles. The predicted molar refractivity (Wildman–Crippen MR) is 62.1 cm³/mol. The zero-order valence-corrected chi connectivity index (χ0v) is 6.54. The van der Waals surface area contributed by atoms with E-state index in [2.05, 4.69) is 49.4 Å². The van der Waals surface area contributed by atoms with E-state index in [4.69, 9.17) is 0 Å². The molecule has 0 heterocycles. The second-order valence-corrected chi connectivity index (χ2v) is 2.85. The van der Waals surface area contributed by atoms with Gasteiger partial charge in [0, 0.05) is 0 Å². The summed E-state index contributed by atoms with van der Waals surface area (Å²) in [4.78, 5) is 0. The molecular weight excluding hydrogens is 156 g/mol. The second kappa shape index (κ2) is 4.66. The van der Waals surface area contributed by atoms with Crippen LogP contribution in [-0.2, 0) is 0 Å². The van der Waals surface area contributed by atoms with Crippen LogP contribution in [0.25, 0.3) is 10.8 Å². The van der Waals surface area contributed by atoms with E-state index in [1.165, 1.54) is 16.3 Å². The Hall–Kier alpha value is -1.30. The normalized spacial score (nSPS) is 8.69. The van der Waals surface area contributed by atoms with Crippen molar-refractivity contribution in [1.29, 1.82) is 0 Å². The molecule has 0 unspecified atom stereocenters. The maximum absolute atomic E-state index is 2.20. The van der Waals surface area contributed by atoms with Crippen LogP contribution in [0.3, 0.4) is 0 Å². The lowest BCUT2D eigenvalue weighted by atomic mass is 10.1. The Labute approximate surface area is 81.2 Å². The molecule has 0 spiro atoms. The fraction of sp³-hybridized carbons (Fsp3) is 0.231. The molecule has 0 amide bonds. The highest BCUT2D eigenvalue weighted by Gasteiger charge is 1.89. The van der Waals surface area contributed by atoms with Gasteiger partial charge in [0.1, 0.15) is 0 Å². The van der Waals surface area contributed by atoms with Gasteiger partial charge in [0.2, 0.25) is 0 Å².